The minimum atomic E-state index is -3.41. The number of aliphatic hydroxyl groups is 1. The highest BCUT2D eigenvalue weighted by Crippen LogP contribution is 2.26. The zero-order valence-electron chi connectivity index (χ0n) is 11.4. The van der Waals surface area contributed by atoms with Crippen LogP contribution in [0.25, 0.3) is 0 Å². The first kappa shape index (κ1) is 14.5. The monoisotopic (exact) mass is 283 g/mol. The summed E-state index contributed by atoms with van der Waals surface area (Å²) in [5, 5.41) is 9.82. The first-order valence-electron chi connectivity index (χ1n) is 6.73. The van der Waals surface area contributed by atoms with Crippen molar-refractivity contribution in [2.45, 2.75) is 37.7 Å². The van der Waals surface area contributed by atoms with Gasteiger partial charge in [0.25, 0.3) is 0 Å². The summed E-state index contributed by atoms with van der Waals surface area (Å²) in [7, 11) is -3.41. The number of aliphatic hydroxyl groups excluding tert-OH is 1. The van der Waals surface area contributed by atoms with E-state index in [1.807, 2.05) is 6.92 Å². The summed E-state index contributed by atoms with van der Waals surface area (Å²) in [6.07, 6.45) is 0.883. The lowest BCUT2D eigenvalue weighted by atomic mass is 10.1. The Balaban J connectivity index is 2.30. The van der Waals surface area contributed by atoms with E-state index in [1.165, 1.54) is 4.31 Å². The van der Waals surface area contributed by atoms with Gasteiger partial charge >= 0.3 is 0 Å². The molecule has 19 heavy (non-hydrogen) atoms. The van der Waals surface area contributed by atoms with Crippen LogP contribution in [0, 0.1) is 5.92 Å². The smallest absolute Gasteiger partial charge is 0.243 e. The Kier molecular flexibility index (Phi) is 4.28. The summed E-state index contributed by atoms with van der Waals surface area (Å²) in [5.41, 5.74) is 0.663. The molecule has 0 aliphatic carbocycles. The molecule has 5 heteroatoms. The second-order valence-corrected chi connectivity index (χ2v) is 7.19. The molecule has 1 aromatic rings. The number of benzene rings is 1. The van der Waals surface area contributed by atoms with Crippen molar-refractivity contribution < 1.29 is 13.5 Å². The SMILES string of the molecule is CCC(O)c1cccc(S(=O)(=O)N2CCC(C)C2)c1. The maximum Gasteiger partial charge on any atom is 0.243 e. The second-order valence-electron chi connectivity index (χ2n) is 5.25. The first-order chi connectivity index (χ1) is 8.95. The standard InChI is InChI=1S/C14H21NO3S/c1-3-14(16)12-5-4-6-13(9-12)19(17,18)15-8-7-11(2)10-15/h4-6,9,11,14,16H,3,7-8,10H2,1-2H3. The van der Waals surface area contributed by atoms with Crippen LogP contribution in [0.4, 0.5) is 0 Å². The summed E-state index contributed by atoms with van der Waals surface area (Å²) in [4.78, 5) is 0.284. The van der Waals surface area contributed by atoms with Crippen LogP contribution in [-0.2, 0) is 10.0 Å². The molecule has 2 unspecified atom stereocenters. The molecule has 0 aromatic heterocycles. The van der Waals surface area contributed by atoms with Gasteiger partial charge in [0.05, 0.1) is 11.0 Å². The Hall–Kier alpha value is -0.910. The van der Waals surface area contributed by atoms with Gasteiger partial charge in [0.1, 0.15) is 0 Å². The summed E-state index contributed by atoms with van der Waals surface area (Å²) in [6.45, 7) is 5.10. The number of nitrogens with zero attached hydrogens (tertiary/aromatic N) is 1. The summed E-state index contributed by atoms with van der Waals surface area (Å²) >= 11 is 0. The van der Waals surface area contributed by atoms with Gasteiger partial charge in [0.15, 0.2) is 0 Å². The Morgan fingerprint density at radius 2 is 2.21 bits per heavy atom. The quantitative estimate of drug-likeness (QED) is 0.921. The molecule has 0 amide bonds. The highest BCUT2D eigenvalue weighted by Gasteiger charge is 2.30. The Morgan fingerprint density at radius 3 is 2.79 bits per heavy atom. The van der Waals surface area contributed by atoms with Crippen molar-refractivity contribution in [1.82, 2.24) is 4.31 Å². The minimum absolute atomic E-state index is 0.284. The molecule has 4 nitrogen and oxygen atoms in total. The van der Waals surface area contributed by atoms with Gasteiger partial charge in [-0.25, -0.2) is 8.42 Å². The zero-order chi connectivity index (χ0) is 14.0. The van der Waals surface area contributed by atoms with Crippen LogP contribution < -0.4 is 0 Å². The Morgan fingerprint density at radius 1 is 1.47 bits per heavy atom. The highest BCUT2D eigenvalue weighted by atomic mass is 32.2. The maximum absolute atomic E-state index is 12.5. The number of rotatable bonds is 4. The van der Waals surface area contributed by atoms with E-state index in [2.05, 4.69) is 6.92 Å². The molecule has 1 aromatic carbocycles. The molecule has 1 N–H and O–H groups in total. The van der Waals surface area contributed by atoms with Crippen LogP contribution in [0.5, 0.6) is 0 Å². The molecule has 1 heterocycles. The molecule has 0 radical (unpaired) electrons. The van der Waals surface area contributed by atoms with Crippen LogP contribution >= 0.6 is 0 Å². The lowest BCUT2D eigenvalue weighted by molar-refractivity contribution is 0.173. The molecule has 0 spiro atoms. The molecule has 0 saturated carbocycles. The average Bonchev–Trinajstić information content (AvgIpc) is 2.85. The van der Waals surface area contributed by atoms with Crippen LogP contribution in [0.3, 0.4) is 0 Å². The van der Waals surface area contributed by atoms with E-state index in [4.69, 9.17) is 0 Å². The largest absolute Gasteiger partial charge is 0.388 e. The fourth-order valence-corrected chi connectivity index (χ4v) is 4.01. The third-order valence-corrected chi connectivity index (χ3v) is 5.52. The van der Waals surface area contributed by atoms with Crippen molar-refractivity contribution in [2.24, 2.45) is 5.92 Å². The third kappa shape index (κ3) is 2.99. The van der Waals surface area contributed by atoms with Crippen molar-refractivity contribution >= 4 is 10.0 Å². The third-order valence-electron chi connectivity index (χ3n) is 3.65. The Bertz CT molecular complexity index is 541. The van der Waals surface area contributed by atoms with Gasteiger partial charge in [0.2, 0.25) is 10.0 Å². The van der Waals surface area contributed by atoms with E-state index in [-0.39, 0.29) is 4.90 Å². The van der Waals surface area contributed by atoms with E-state index in [1.54, 1.807) is 24.3 Å². The molecule has 106 valence electrons. The molecule has 2 atom stereocenters. The summed E-state index contributed by atoms with van der Waals surface area (Å²) < 4.78 is 26.5. The first-order valence-corrected chi connectivity index (χ1v) is 8.17. The lowest BCUT2D eigenvalue weighted by Crippen LogP contribution is -2.28. The van der Waals surface area contributed by atoms with Gasteiger partial charge in [-0.2, -0.15) is 4.31 Å². The number of hydrogen-bond acceptors (Lipinski definition) is 3. The molecular formula is C14H21NO3S. The molecule has 2 rings (SSSR count). The van der Waals surface area contributed by atoms with Gasteiger partial charge in [-0.05, 0) is 36.5 Å². The van der Waals surface area contributed by atoms with Crippen molar-refractivity contribution in [3.63, 3.8) is 0 Å². The normalized spacial score (nSPS) is 22.6. The van der Waals surface area contributed by atoms with Crippen LogP contribution in [0.1, 0.15) is 38.4 Å². The van der Waals surface area contributed by atoms with E-state index in [0.717, 1.165) is 6.42 Å². The highest BCUT2D eigenvalue weighted by molar-refractivity contribution is 7.89. The lowest BCUT2D eigenvalue weighted by Gasteiger charge is -2.17. The van der Waals surface area contributed by atoms with E-state index < -0.39 is 16.1 Å². The van der Waals surface area contributed by atoms with E-state index in [0.29, 0.717) is 31.0 Å². The van der Waals surface area contributed by atoms with Gasteiger partial charge < -0.3 is 5.11 Å². The van der Waals surface area contributed by atoms with Crippen molar-refractivity contribution in [3.05, 3.63) is 29.8 Å². The van der Waals surface area contributed by atoms with Gasteiger partial charge in [-0.1, -0.05) is 26.0 Å². The van der Waals surface area contributed by atoms with Gasteiger partial charge in [-0.3, -0.25) is 0 Å². The molecular weight excluding hydrogens is 262 g/mol. The molecule has 1 aliphatic rings. The zero-order valence-corrected chi connectivity index (χ0v) is 12.2. The molecule has 1 aliphatic heterocycles. The Labute approximate surface area is 115 Å². The predicted molar refractivity (Wildman–Crippen MR) is 74.2 cm³/mol. The van der Waals surface area contributed by atoms with E-state index in [9.17, 15) is 13.5 Å². The molecule has 0 bridgehead atoms. The topological polar surface area (TPSA) is 57.6 Å². The average molecular weight is 283 g/mol. The maximum atomic E-state index is 12.5. The van der Waals surface area contributed by atoms with Crippen LogP contribution in [-0.4, -0.2) is 30.9 Å². The molecule has 1 saturated heterocycles. The fraction of sp³-hybridized carbons (Fsp3) is 0.571. The van der Waals surface area contributed by atoms with Gasteiger partial charge in [-0.15, -0.1) is 0 Å². The van der Waals surface area contributed by atoms with Crippen molar-refractivity contribution in [3.8, 4) is 0 Å². The number of sulfonamides is 1. The summed E-state index contributed by atoms with van der Waals surface area (Å²) in [6, 6.07) is 6.65. The van der Waals surface area contributed by atoms with Crippen molar-refractivity contribution in [2.75, 3.05) is 13.1 Å². The number of hydrogen-bond donors (Lipinski definition) is 1. The van der Waals surface area contributed by atoms with Crippen LogP contribution in [0.15, 0.2) is 29.2 Å². The minimum Gasteiger partial charge on any atom is -0.388 e. The predicted octanol–water partition coefficient (Wildman–Crippen LogP) is 2.16. The summed E-state index contributed by atoms with van der Waals surface area (Å²) in [5.74, 6) is 0.416. The molecule has 1 fully saturated rings. The van der Waals surface area contributed by atoms with Crippen molar-refractivity contribution in [1.29, 1.82) is 0 Å². The fourth-order valence-electron chi connectivity index (χ4n) is 2.38. The van der Waals surface area contributed by atoms with Gasteiger partial charge in [0, 0.05) is 13.1 Å². The van der Waals surface area contributed by atoms with Crippen LogP contribution in [0.2, 0.25) is 0 Å². The second kappa shape index (κ2) is 5.61. The van der Waals surface area contributed by atoms with E-state index >= 15 is 0 Å².